The quantitative estimate of drug-likeness (QED) is 0.746. The molecule has 1 aromatic carbocycles. The Morgan fingerprint density at radius 1 is 1.45 bits per heavy atom. The molecular weight excluding hydrogens is 331 g/mol. The van der Waals surface area contributed by atoms with Gasteiger partial charge < -0.3 is 25.6 Å². The number of halogens is 2. The van der Waals surface area contributed by atoms with Gasteiger partial charge in [-0.1, -0.05) is 11.6 Å². The van der Waals surface area contributed by atoms with E-state index in [4.69, 9.17) is 26.8 Å². The summed E-state index contributed by atoms with van der Waals surface area (Å²) < 4.78 is 10.9. The van der Waals surface area contributed by atoms with Gasteiger partial charge in [0.05, 0.1) is 11.1 Å². The first kappa shape index (κ1) is 18.8. The SMILES string of the molecule is CC(N)CC(=O)NCC(O)c1cc(Cl)c2c(c1)OCCO2.Cl. The van der Waals surface area contributed by atoms with Gasteiger partial charge in [-0.15, -0.1) is 12.4 Å². The molecule has 6 nitrogen and oxygen atoms in total. The van der Waals surface area contributed by atoms with Gasteiger partial charge in [0.2, 0.25) is 5.91 Å². The highest BCUT2D eigenvalue weighted by Gasteiger charge is 2.20. The molecule has 124 valence electrons. The van der Waals surface area contributed by atoms with Gasteiger partial charge in [-0.25, -0.2) is 0 Å². The third-order valence-corrected chi connectivity index (χ3v) is 3.28. The number of rotatable bonds is 5. The van der Waals surface area contributed by atoms with Crippen LogP contribution in [-0.4, -0.2) is 36.8 Å². The van der Waals surface area contributed by atoms with Crippen LogP contribution in [0, 0.1) is 0 Å². The summed E-state index contributed by atoms with van der Waals surface area (Å²) in [4.78, 5) is 11.5. The smallest absolute Gasteiger partial charge is 0.221 e. The number of fused-ring (bicyclic) bond motifs is 1. The Bertz CT molecular complexity index is 526. The monoisotopic (exact) mass is 350 g/mol. The molecule has 8 heteroatoms. The van der Waals surface area contributed by atoms with Gasteiger partial charge in [0.1, 0.15) is 13.2 Å². The number of aliphatic hydroxyl groups excluding tert-OH is 1. The minimum Gasteiger partial charge on any atom is -0.486 e. The van der Waals surface area contributed by atoms with E-state index in [9.17, 15) is 9.90 Å². The number of ether oxygens (including phenoxy) is 2. The Balaban J connectivity index is 0.00000242. The number of carbonyl (C=O) groups is 1. The standard InChI is InChI=1S/C14H19ClN2O4.ClH/c1-8(16)4-13(19)17-7-11(18)9-5-10(15)14-12(6-9)20-2-3-21-14;/h5-6,8,11,18H,2-4,7,16H2,1H3,(H,17,19);1H. The van der Waals surface area contributed by atoms with Gasteiger partial charge in [-0.3, -0.25) is 4.79 Å². The number of amides is 1. The Hall–Kier alpha value is -1.21. The fourth-order valence-corrected chi connectivity index (χ4v) is 2.29. The molecule has 4 N–H and O–H groups in total. The van der Waals surface area contributed by atoms with E-state index in [1.807, 2.05) is 0 Å². The van der Waals surface area contributed by atoms with Crippen molar-refractivity contribution in [1.82, 2.24) is 5.32 Å². The van der Waals surface area contributed by atoms with E-state index in [0.29, 0.717) is 35.3 Å². The van der Waals surface area contributed by atoms with Gasteiger partial charge in [-0.2, -0.15) is 0 Å². The molecule has 0 bridgehead atoms. The highest BCUT2D eigenvalue weighted by Crippen LogP contribution is 2.39. The number of aliphatic hydroxyl groups is 1. The first-order chi connectivity index (χ1) is 9.97. The van der Waals surface area contributed by atoms with Crippen LogP contribution in [0.4, 0.5) is 0 Å². The first-order valence-electron chi connectivity index (χ1n) is 6.76. The predicted molar refractivity (Wildman–Crippen MR) is 85.9 cm³/mol. The van der Waals surface area contributed by atoms with Crippen LogP contribution in [-0.2, 0) is 4.79 Å². The zero-order valence-electron chi connectivity index (χ0n) is 12.2. The van der Waals surface area contributed by atoms with Crippen LogP contribution in [0.1, 0.15) is 25.0 Å². The lowest BCUT2D eigenvalue weighted by Crippen LogP contribution is -2.32. The van der Waals surface area contributed by atoms with E-state index in [-0.39, 0.29) is 37.3 Å². The van der Waals surface area contributed by atoms with E-state index < -0.39 is 6.10 Å². The second kappa shape index (κ2) is 8.43. The molecule has 0 aromatic heterocycles. The topological polar surface area (TPSA) is 93.8 Å². The summed E-state index contributed by atoms with van der Waals surface area (Å²) in [6.45, 7) is 2.72. The van der Waals surface area contributed by atoms with Crippen molar-refractivity contribution in [2.75, 3.05) is 19.8 Å². The summed E-state index contributed by atoms with van der Waals surface area (Å²) in [5.41, 5.74) is 6.10. The van der Waals surface area contributed by atoms with Crippen molar-refractivity contribution < 1.29 is 19.4 Å². The van der Waals surface area contributed by atoms with E-state index >= 15 is 0 Å². The van der Waals surface area contributed by atoms with Crippen molar-refractivity contribution in [3.05, 3.63) is 22.7 Å². The molecule has 0 aliphatic carbocycles. The largest absolute Gasteiger partial charge is 0.486 e. The molecule has 1 aliphatic heterocycles. The molecule has 2 atom stereocenters. The van der Waals surface area contributed by atoms with E-state index in [2.05, 4.69) is 5.32 Å². The number of carbonyl (C=O) groups excluding carboxylic acids is 1. The van der Waals surface area contributed by atoms with E-state index in [0.717, 1.165) is 0 Å². The summed E-state index contributed by atoms with van der Waals surface area (Å²) in [6, 6.07) is 3.06. The van der Waals surface area contributed by atoms with Crippen LogP contribution < -0.4 is 20.5 Å². The van der Waals surface area contributed by atoms with Crippen molar-refractivity contribution in [2.45, 2.75) is 25.5 Å². The second-order valence-electron chi connectivity index (χ2n) is 5.03. The molecule has 0 saturated carbocycles. The molecule has 0 saturated heterocycles. The molecule has 1 aliphatic rings. The summed E-state index contributed by atoms with van der Waals surface area (Å²) in [5, 5.41) is 13.1. The minimum atomic E-state index is -0.879. The molecule has 2 rings (SSSR count). The van der Waals surface area contributed by atoms with Gasteiger partial charge in [0.25, 0.3) is 0 Å². The van der Waals surface area contributed by atoms with Crippen molar-refractivity contribution in [3.8, 4) is 11.5 Å². The van der Waals surface area contributed by atoms with Crippen LogP contribution in [0.3, 0.4) is 0 Å². The van der Waals surface area contributed by atoms with Crippen molar-refractivity contribution >= 4 is 29.9 Å². The molecule has 0 fully saturated rings. The van der Waals surface area contributed by atoms with Crippen LogP contribution >= 0.6 is 24.0 Å². The maximum Gasteiger partial charge on any atom is 0.221 e. The lowest BCUT2D eigenvalue weighted by Gasteiger charge is -2.21. The maximum atomic E-state index is 11.5. The fraction of sp³-hybridized carbons (Fsp3) is 0.500. The van der Waals surface area contributed by atoms with Crippen LogP contribution in [0.5, 0.6) is 11.5 Å². The molecule has 1 heterocycles. The molecule has 0 spiro atoms. The number of hydrogen-bond donors (Lipinski definition) is 3. The number of nitrogens with two attached hydrogens (primary N) is 1. The maximum absolute atomic E-state index is 11.5. The van der Waals surface area contributed by atoms with Gasteiger partial charge in [-0.05, 0) is 24.6 Å². The van der Waals surface area contributed by atoms with Crippen LogP contribution in [0.15, 0.2) is 12.1 Å². The highest BCUT2D eigenvalue weighted by atomic mass is 35.5. The van der Waals surface area contributed by atoms with Gasteiger partial charge in [0.15, 0.2) is 11.5 Å². The van der Waals surface area contributed by atoms with Gasteiger partial charge in [0, 0.05) is 19.0 Å². The molecule has 1 aromatic rings. The van der Waals surface area contributed by atoms with Crippen molar-refractivity contribution in [2.24, 2.45) is 5.73 Å². The molecule has 0 radical (unpaired) electrons. The molecular formula is C14H20Cl2N2O4. The number of hydrogen-bond acceptors (Lipinski definition) is 5. The van der Waals surface area contributed by atoms with Crippen molar-refractivity contribution in [3.63, 3.8) is 0 Å². The van der Waals surface area contributed by atoms with Gasteiger partial charge >= 0.3 is 0 Å². The van der Waals surface area contributed by atoms with Crippen LogP contribution in [0.25, 0.3) is 0 Å². The molecule has 22 heavy (non-hydrogen) atoms. The average Bonchev–Trinajstić information content (AvgIpc) is 2.44. The zero-order chi connectivity index (χ0) is 15.4. The Morgan fingerprint density at radius 3 is 2.82 bits per heavy atom. The second-order valence-corrected chi connectivity index (χ2v) is 5.44. The van der Waals surface area contributed by atoms with E-state index in [1.165, 1.54) is 0 Å². The summed E-state index contributed by atoms with van der Waals surface area (Å²) >= 11 is 6.10. The third-order valence-electron chi connectivity index (χ3n) is 3.00. The first-order valence-corrected chi connectivity index (χ1v) is 7.14. The minimum absolute atomic E-state index is 0. The lowest BCUT2D eigenvalue weighted by molar-refractivity contribution is -0.121. The highest BCUT2D eigenvalue weighted by molar-refractivity contribution is 6.32. The number of benzene rings is 1. The fourth-order valence-electron chi connectivity index (χ4n) is 2.02. The predicted octanol–water partition coefficient (Wildman–Crippen LogP) is 1.42. The normalized spacial score (nSPS) is 15.5. The zero-order valence-corrected chi connectivity index (χ0v) is 13.7. The van der Waals surface area contributed by atoms with E-state index in [1.54, 1.807) is 19.1 Å². The molecule has 2 unspecified atom stereocenters. The van der Waals surface area contributed by atoms with Crippen molar-refractivity contribution in [1.29, 1.82) is 0 Å². The average molecular weight is 351 g/mol. The summed E-state index contributed by atoms with van der Waals surface area (Å²) in [5.74, 6) is 0.789. The lowest BCUT2D eigenvalue weighted by atomic mass is 10.1. The number of nitrogens with one attached hydrogen (secondary N) is 1. The molecule has 1 amide bonds. The Kier molecular flexibility index (Phi) is 7.22. The Morgan fingerprint density at radius 2 is 2.14 bits per heavy atom. The summed E-state index contributed by atoms with van der Waals surface area (Å²) in [7, 11) is 0. The third kappa shape index (κ3) is 4.91. The van der Waals surface area contributed by atoms with Crippen LogP contribution in [0.2, 0.25) is 5.02 Å². The summed E-state index contributed by atoms with van der Waals surface area (Å²) in [6.07, 6.45) is -0.662. The Labute approximate surface area is 140 Å².